The highest BCUT2D eigenvalue weighted by Crippen LogP contribution is 2.31. The lowest BCUT2D eigenvalue weighted by Crippen LogP contribution is -2.18. The molecule has 2 N–H and O–H groups in total. The Kier molecular flexibility index (Phi) is 7.62. The number of benzene rings is 1. The molecule has 2 amide bonds. The number of carbonyl (C=O) groups is 2. The van der Waals surface area contributed by atoms with Gasteiger partial charge in [-0.1, -0.05) is 0 Å². The van der Waals surface area contributed by atoms with Gasteiger partial charge in [0, 0.05) is 22.0 Å². The van der Waals surface area contributed by atoms with Gasteiger partial charge in [0.25, 0.3) is 0 Å². The average Bonchev–Trinajstić information content (AvgIpc) is 3.32. The molecule has 0 radical (unpaired) electrons. The molecular weight excluding hydrogens is 428 g/mol. The lowest BCUT2D eigenvalue weighted by molar-refractivity contribution is -0.114. The first-order chi connectivity index (χ1) is 14.0. The summed E-state index contributed by atoms with van der Waals surface area (Å²) < 4.78 is 5.46. The van der Waals surface area contributed by atoms with Crippen LogP contribution in [0, 0.1) is 6.92 Å². The first-order valence-corrected chi connectivity index (χ1v) is 11.7. The third-order valence-corrected chi connectivity index (χ3v) is 6.13. The van der Waals surface area contributed by atoms with Crippen molar-refractivity contribution >= 4 is 56.5 Å². The molecule has 3 rings (SSSR count). The van der Waals surface area contributed by atoms with Crippen molar-refractivity contribution in [2.45, 2.75) is 13.8 Å². The Morgan fingerprint density at radius 1 is 1.10 bits per heavy atom. The van der Waals surface area contributed by atoms with E-state index < -0.39 is 0 Å². The van der Waals surface area contributed by atoms with Gasteiger partial charge in [-0.25, -0.2) is 9.97 Å². The summed E-state index contributed by atoms with van der Waals surface area (Å²) in [5.74, 6) is 0.794. The van der Waals surface area contributed by atoms with Gasteiger partial charge in [-0.3, -0.25) is 9.59 Å². The molecule has 3 aromatic rings. The minimum absolute atomic E-state index is 0.169. The van der Waals surface area contributed by atoms with Crippen LogP contribution in [0.3, 0.4) is 0 Å². The summed E-state index contributed by atoms with van der Waals surface area (Å²) in [6, 6.07) is 7.72. The Morgan fingerprint density at radius 2 is 1.79 bits per heavy atom. The Bertz CT molecular complexity index is 956. The van der Waals surface area contributed by atoms with Crippen molar-refractivity contribution in [1.82, 2.24) is 9.97 Å². The number of anilines is 2. The van der Waals surface area contributed by atoms with Gasteiger partial charge in [0.05, 0.1) is 23.8 Å². The maximum absolute atomic E-state index is 12.2. The fourth-order valence-electron chi connectivity index (χ4n) is 2.43. The Morgan fingerprint density at radius 3 is 2.41 bits per heavy atom. The largest absolute Gasteiger partial charge is 0.494 e. The molecule has 10 heteroatoms. The number of thiazole rings is 2. The molecule has 0 bridgehead atoms. The van der Waals surface area contributed by atoms with Gasteiger partial charge >= 0.3 is 0 Å². The molecule has 0 aliphatic heterocycles. The second kappa shape index (κ2) is 10.4. The zero-order valence-electron chi connectivity index (χ0n) is 15.9. The minimum Gasteiger partial charge on any atom is -0.494 e. The van der Waals surface area contributed by atoms with Crippen LogP contribution in [0.15, 0.2) is 35.8 Å². The summed E-state index contributed by atoms with van der Waals surface area (Å²) in [5, 5.41) is 8.37. The molecule has 152 valence electrons. The van der Waals surface area contributed by atoms with Crippen LogP contribution >= 0.6 is 34.4 Å². The van der Waals surface area contributed by atoms with E-state index in [2.05, 4.69) is 20.6 Å². The van der Waals surface area contributed by atoms with Crippen molar-refractivity contribution in [3.05, 3.63) is 40.7 Å². The van der Waals surface area contributed by atoms with E-state index in [4.69, 9.17) is 4.74 Å². The molecule has 0 aliphatic rings. The predicted molar refractivity (Wildman–Crippen MR) is 120 cm³/mol. The van der Waals surface area contributed by atoms with Crippen LogP contribution in [0.4, 0.5) is 10.3 Å². The van der Waals surface area contributed by atoms with Crippen LogP contribution in [0.2, 0.25) is 0 Å². The third-order valence-electron chi connectivity index (χ3n) is 3.63. The van der Waals surface area contributed by atoms with E-state index in [1.54, 1.807) is 11.6 Å². The number of aryl methyl sites for hydroxylation is 1. The molecule has 0 unspecified atom stereocenters. The Labute approximate surface area is 180 Å². The first-order valence-electron chi connectivity index (χ1n) is 8.82. The lowest BCUT2D eigenvalue weighted by atomic mass is 10.1. The van der Waals surface area contributed by atoms with E-state index in [9.17, 15) is 9.59 Å². The molecule has 0 saturated heterocycles. The van der Waals surface area contributed by atoms with Crippen LogP contribution in [-0.4, -0.2) is 39.9 Å². The number of hydrogen-bond donors (Lipinski definition) is 2. The van der Waals surface area contributed by atoms with Crippen molar-refractivity contribution in [1.29, 1.82) is 0 Å². The Hall–Kier alpha value is -2.43. The highest BCUT2D eigenvalue weighted by atomic mass is 32.2. The molecular formula is C19H20N4O3S3. The molecule has 0 fully saturated rings. The zero-order chi connectivity index (χ0) is 20.6. The summed E-state index contributed by atoms with van der Waals surface area (Å²) in [5.41, 5.74) is 1.81. The molecule has 0 saturated carbocycles. The zero-order valence-corrected chi connectivity index (χ0v) is 18.4. The summed E-state index contributed by atoms with van der Waals surface area (Å²) >= 11 is 4.02. The fourth-order valence-corrected chi connectivity index (χ4v) is 4.44. The number of hydrogen-bond acceptors (Lipinski definition) is 8. The van der Waals surface area contributed by atoms with E-state index in [0.717, 1.165) is 21.9 Å². The SMILES string of the molecule is CCOc1ccc(-c2nc(NC(=O)CSCC(=O)Nc3nccs3)sc2C)cc1. The van der Waals surface area contributed by atoms with Crippen molar-refractivity contribution in [3.63, 3.8) is 0 Å². The van der Waals surface area contributed by atoms with E-state index in [1.807, 2.05) is 38.1 Å². The van der Waals surface area contributed by atoms with E-state index >= 15 is 0 Å². The number of nitrogens with zero attached hydrogens (tertiary/aromatic N) is 2. The second-order valence-electron chi connectivity index (χ2n) is 5.81. The van der Waals surface area contributed by atoms with Gasteiger partial charge in [0.1, 0.15) is 5.75 Å². The van der Waals surface area contributed by atoms with Crippen LogP contribution in [0.5, 0.6) is 5.75 Å². The van der Waals surface area contributed by atoms with Gasteiger partial charge in [0.15, 0.2) is 10.3 Å². The second-order valence-corrected chi connectivity index (χ2v) is 8.89. The number of amides is 2. The van der Waals surface area contributed by atoms with Crippen LogP contribution in [0.25, 0.3) is 11.3 Å². The fraction of sp³-hybridized carbons (Fsp3) is 0.263. The molecule has 2 aromatic heterocycles. The monoisotopic (exact) mass is 448 g/mol. The van der Waals surface area contributed by atoms with Gasteiger partial charge in [-0.2, -0.15) is 0 Å². The number of nitrogens with one attached hydrogen (secondary N) is 2. The summed E-state index contributed by atoms with van der Waals surface area (Å²) in [6.45, 7) is 4.53. The van der Waals surface area contributed by atoms with Crippen molar-refractivity contribution in [2.75, 3.05) is 28.7 Å². The molecule has 0 atom stereocenters. The van der Waals surface area contributed by atoms with Crippen molar-refractivity contribution in [3.8, 4) is 17.0 Å². The number of thioether (sulfide) groups is 1. The van der Waals surface area contributed by atoms with Gasteiger partial charge < -0.3 is 15.4 Å². The van der Waals surface area contributed by atoms with E-state index in [-0.39, 0.29) is 23.3 Å². The van der Waals surface area contributed by atoms with Gasteiger partial charge in [-0.15, -0.1) is 34.4 Å². The van der Waals surface area contributed by atoms with Crippen molar-refractivity contribution in [2.24, 2.45) is 0 Å². The maximum Gasteiger partial charge on any atom is 0.236 e. The smallest absolute Gasteiger partial charge is 0.236 e. The highest BCUT2D eigenvalue weighted by molar-refractivity contribution is 8.00. The quantitative estimate of drug-likeness (QED) is 0.507. The topological polar surface area (TPSA) is 93.2 Å². The van der Waals surface area contributed by atoms with Crippen LogP contribution < -0.4 is 15.4 Å². The van der Waals surface area contributed by atoms with Crippen molar-refractivity contribution < 1.29 is 14.3 Å². The summed E-state index contributed by atoms with van der Waals surface area (Å²) in [7, 11) is 0. The first kappa shape index (κ1) is 21.3. The van der Waals surface area contributed by atoms with Gasteiger partial charge in [-0.05, 0) is 38.1 Å². The number of carbonyl (C=O) groups excluding carboxylic acids is 2. The molecule has 2 heterocycles. The van der Waals surface area contributed by atoms with E-state index in [0.29, 0.717) is 16.9 Å². The summed E-state index contributed by atoms with van der Waals surface area (Å²) in [4.78, 5) is 33.5. The summed E-state index contributed by atoms with van der Waals surface area (Å²) in [6.07, 6.45) is 1.62. The number of rotatable bonds is 9. The third kappa shape index (κ3) is 6.28. The average molecular weight is 449 g/mol. The molecule has 29 heavy (non-hydrogen) atoms. The maximum atomic E-state index is 12.2. The predicted octanol–water partition coefficient (Wildman–Crippen LogP) is 4.28. The minimum atomic E-state index is -0.191. The normalized spacial score (nSPS) is 10.6. The highest BCUT2D eigenvalue weighted by Gasteiger charge is 2.13. The number of ether oxygens (including phenoxy) is 1. The molecule has 0 aliphatic carbocycles. The standard InChI is InChI=1S/C19H20N4O3S3/c1-3-26-14-6-4-13(5-7-14)17-12(2)29-19(23-17)22-16(25)11-27-10-15(24)21-18-20-8-9-28-18/h4-9H,3,10-11H2,1-2H3,(H,20,21,24)(H,22,23,25). The molecule has 1 aromatic carbocycles. The molecule has 0 spiro atoms. The van der Waals surface area contributed by atoms with Crippen LogP contribution in [0.1, 0.15) is 11.8 Å². The van der Waals surface area contributed by atoms with Crippen LogP contribution in [-0.2, 0) is 9.59 Å². The lowest BCUT2D eigenvalue weighted by Gasteiger charge is -2.04. The Balaban J connectivity index is 1.49. The number of aromatic nitrogens is 2. The van der Waals surface area contributed by atoms with E-state index in [1.165, 1.54) is 34.4 Å². The van der Waals surface area contributed by atoms with Gasteiger partial charge in [0.2, 0.25) is 11.8 Å². The molecule has 7 nitrogen and oxygen atoms in total.